The zero-order chi connectivity index (χ0) is 18.0. The van der Waals surface area contributed by atoms with Crippen molar-refractivity contribution in [2.24, 2.45) is 27.4 Å². The van der Waals surface area contributed by atoms with Gasteiger partial charge in [-0.2, -0.15) is 10.1 Å². The van der Waals surface area contributed by atoms with Crippen LogP contribution in [0.1, 0.15) is 56.6 Å². The summed E-state index contributed by atoms with van der Waals surface area (Å²) in [4.78, 5) is 14.4. The number of hydrogen-bond acceptors (Lipinski definition) is 6. The SMILES string of the molecule is Cc1cccc([C@H]2CCC[C@@H](CON3C(N)=NC(N)=NC3(C)C)C2)c1. The molecule has 136 valence electrons. The van der Waals surface area contributed by atoms with Gasteiger partial charge in [0.1, 0.15) is 0 Å². The summed E-state index contributed by atoms with van der Waals surface area (Å²) < 4.78 is 0. The third-order valence-corrected chi connectivity index (χ3v) is 5.06. The van der Waals surface area contributed by atoms with Gasteiger partial charge in [0.2, 0.25) is 11.9 Å². The first-order valence-electron chi connectivity index (χ1n) is 9.04. The second kappa shape index (κ2) is 7.04. The molecule has 1 heterocycles. The Morgan fingerprint density at radius 1 is 1.28 bits per heavy atom. The van der Waals surface area contributed by atoms with Crippen LogP contribution in [-0.4, -0.2) is 29.3 Å². The van der Waals surface area contributed by atoms with Crippen LogP contribution in [0.3, 0.4) is 0 Å². The molecule has 0 unspecified atom stereocenters. The minimum absolute atomic E-state index is 0.194. The maximum absolute atomic E-state index is 6.02. The van der Waals surface area contributed by atoms with Crippen molar-refractivity contribution in [1.29, 1.82) is 0 Å². The van der Waals surface area contributed by atoms with Crippen molar-refractivity contribution in [2.75, 3.05) is 6.61 Å². The second-order valence-electron chi connectivity index (χ2n) is 7.67. The van der Waals surface area contributed by atoms with E-state index in [0.717, 1.165) is 6.42 Å². The average Bonchev–Trinajstić information content (AvgIpc) is 2.53. The Kier molecular flexibility index (Phi) is 4.99. The van der Waals surface area contributed by atoms with E-state index in [1.54, 1.807) is 5.06 Å². The quantitative estimate of drug-likeness (QED) is 0.879. The Bertz CT molecular complexity index is 682. The molecule has 0 bridgehead atoms. The van der Waals surface area contributed by atoms with Gasteiger partial charge in [-0.25, -0.2) is 4.99 Å². The summed E-state index contributed by atoms with van der Waals surface area (Å²) in [5.74, 6) is 1.57. The van der Waals surface area contributed by atoms with Crippen molar-refractivity contribution in [2.45, 2.75) is 58.0 Å². The molecule has 25 heavy (non-hydrogen) atoms. The molecule has 0 amide bonds. The van der Waals surface area contributed by atoms with Crippen LogP contribution in [0.5, 0.6) is 0 Å². The number of hydrogen-bond donors (Lipinski definition) is 2. The first-order chi connectivity index (χ1) is 11.8. The van der Waals surface area contributed by atoms with Crippen LogP contribution in [0.15, 0.2) is 34.3 Å². The van der Waals surface area contributed by atoms with Gasteiger partial charge in [-0.1, -0.05) is 36.2 Å². The molecule has 1 aliphatic heterocycles. The lowest BCUT2D eigenvalue weighted by Gasteiger charge is -2.38. The molecular weight excluding hydrogens is 314 g/mol. The van der Waals surface area contributed by atoms with Gasteiger partial charge in [0.15, 0.2) is 5.66 Å². The zero-order valence-electron chi connectivity index (χ0n) is 15.4. The molecule has 2 aliphatic rings. The number of benzene rings is 1. The predicted octanol–water partition coefficient (Wildman–Crippen LogP) is 2.88. The standard InChI is InChI=1S/C19H29N5O/c1-13-6-4-8-15(10-13)16-9-5-7-14(11-16)12-25-24-18(21)22-17(20)23-19(24,2)3/h4,6,8,10,14,16H,5,7,9,11-12H2,1-3H3,(H4,20,21,22,23)/t14-,16+/m1/s1. The molecule has 0 aromatic heterocycles. The van der Waals surface area contributed by atoms with Gasteiger partial charge in [0, 0.05) is 0 Å². The number of nitrogens with zero attached hydrogens (tertiary/aromatic N) is 3. The molecule has 1 aliphatic carbocycles. The maximum atomic E-state index is 6.02. The normalized spacial score (nSPS) is 26.1. The lowest BCUT2D eigenvalue weighted by Crippen LogP contribution is -2.54. The summed E-state index contributed by atoms with van der Waals surface area (Å²) in [7, 11) is 0. The zero-order valence-corrected chi connectivity index (χ0v) is 15.4. The largest absolute Gasteiger partial charge is 0.368 e. The monoisotopic (exact) mass is 343 g/mol. The van der Waals surface area contributed by atoms with Crippen LogP contribution >= 0.6 is 0 Å². The summed E-state index contributed by atoms with van der Waals surface area (Å²) >= 11 is 0. The highest BCUT2D eigenvalue weighted by Gasteiger charge is 2.34. The minimum atomic E-state index is -0.638. The summed E-state index contributed by atoms with van der Waals surface area (Å²) in [6.07, 6.45) is 4.80. The summed E-state index contributed by atoms with van der Waals surface area (Å²) in [6.45, 7) is 6.60. The van der Waals surface area contributed by atoms with Crippen molar-refractivity contribution < 1.29 is 4.84 Å². The van der Waals surface area contributed by atoms with E-state index in [1.165, 1.54) is 30.4 Å². The average molecular weight is 343 g/mol. The molecule has 1 saturated carbocycles. The van der Waals surface area contributed by atoms with Crippen molar-refractivity contribution >= 4 is 11.9 Å². The molecule has 0 spiro atoms. The summed E-state index contributed by atoms with van der Waals surface area (Å²) in [5, 5.41) is 1.58. The number of hydroxylamine groups is 2. The molecule has 0 radical (unpaired) electrons. The van der Waals surface area contributed by atoms with Crippen LogP contribution in [0.4, 0.5) is 0 Å². The first kappa shape index (κ1) is 17.7. The number of aryl methyl sites for hydroxylation is 1. The maximum Gasteiger partial charge on any atom is 0.226 e. The van der Waals surface area contributed by atoms with Crippen molar-refractivity contribution in [3.05, 3.63) is 35.4 Å². The Morgan fingerprint density at radius 3 is 2.80 bits per heavy atom. The van der Waals surface area contributed by atoms with Crippen molar-refractivity contribution in [1.82, 2.24) is 5.06 Å². The van der Waals surface area contributed by atoms with Crippen LogP contribution in [0.25, 0.3) is 0 Å². The van der Waals surface area contributed by atoms with E-state index in [9.17, 15) is 0 Å². The highest BCUT2D eigenvalue weighted by Crippen LogP contribution is 2.37. The highest BCUT2D eigenvalue weighted by molar-refractivity contribution is 5.95. The number of aliphatic imine (C=N–C) groups is 2. The van der Waals surface area contributed by atoms with Gasteiger partial charge in [-0.05, 0) is 57.4 Å². The van der Waals surface area contributed by atoms with E-state index in [-0.39, 0.29) is 11.9 Å². The topological polar surface area (TPSA) is 89.2 Å². The second-order valence-corrected chi connectivity index (χ2v) is 7.67. The van der Waals surface area contributed by atoms with Gasteiger partial charge in [0.05, 0.1) is 6.61 Å². The number of nitrogens with two attached hydrogens (primary N) is 2. The fourth-order valence-corrected chi connectivity index (χ4v) is 3.87. The van der Waals surface area contributed by atoms with Crippen molar-refractivity contribution in [3.8, 4) is 0 Å². The third-order valence-electron chi connectivity index (χ3n) is 5.06. The summed E-state index contributed by atoms with van der Waals surface area (Å²) in [5.41, 5.74) is 13.8. The van der Waals surface area contributed by atoms with Gasteiger partial charge >= 0.3 is 0 Å². The molecule has 1 aromatic rings. The van der Waals surface area contributed by atoms with E-state index in [4.69, 9.17) is 16.3 Å². The van der Waals surface area contributed by atoms with E-state index in [1.807, 2.05) is 13.8 Å². The lowest BCUT2D eigenvalue weighted by molar-refractivity contribution is -0.169. The Labute approximate surface area is 149 Å². The van der Waals surface area contributed by atoms with E-state index >= 15 is 0 Å². The van der Waals surface area contributed by atoms with E-state index < -0.39 is 5.66 Å². The Hall–Kier alpha value is -2.08. The summed E-state index contributed by atoms with van der Waals surface area (Å²) in [6, 6.07) is 8.86. The van der Waals surface area contributed by atoms with E-state index in [0.29, 0.717) is 18.4 Å². The van der Waals surface area contributed by atoms with Crippen molar-refractivity contribution in [3.63, 3.8) is 0 Å². The van der Waals surface area contributed by atoms with Gasteiger partial charge in [0.25, 0.3) is 0 Å². The molecule has 6 heteroatoms. The van der Waals surface area contributed by atoms with Gasteiger partial charge in [-0.3, -0.25) is 4.84 Å². The Balaban J connectivity index is 1.61. The lowest BCUT2D eigenvalue weighted by atomic mass is 9.78. The number of rotatable bonds is 4. The molecule has 0 saturated heterocycles. The van der Waals surface area contributed by atoms with Gasteiger partial charge in [-0.15, -0.1) is 0 Å². The smallest absolute Gasteiger partial charge is 0.226 e. The molecule has 1 aromatic carbocycles. The molecule has 6 nitrogen and oxygen atoms in total. The highest BCUT2D eigenvalue weighted by atomic mass is 16.7. The Morgan fingerprint density at radius 2 is 2.08 bits per heavy atom. The fraction of sp³-hybridized carbons (Fsp3) is 0.579. The van der Waals surface area contributed by atoms with Crippen LogP contribution in [0, 0.1) is 12.8 Å². The fourth-order valence-electron chi connectivity index (χ4n) is 3.87. The molecule has 4 N–H and O–H groups in total. The van der Waals surface area contributed by atoms with Crippen LogP contribution in [-0.2, 0) is 4.84 Å². The van der Waals surface area contributed by atoms with Gasteiger partial charge < -0.3 is 11.5 Å². The van der Waals surface area contributed by atoms with Crippen LogP contribution in [0.2, 0.25) is 0 Å². The predicted molar refractivity (Wildman–Crippen MR) is 101 cm³/mol. The third kappa shape index (κ3) is 4.12. The molecule has 2 atom stereocenters. The molecule has 3 rings (SSSR count). The minimum Gasteiger partial charge on any atom is -0.368 e. The molecule has 1 fully saturated rings. The molecular formula is C19H29N5O. The number of guanidine groups is 2. The van der Waals surface area contributed by atoms with E-state index in [2.05, 4.69) is 41.2 Å². The first-order valence-corrected chi connectivity index (χ1v) is 9.04. The van der Waals surface area contributed by atoms with Crippen LogP contribution < -0.4 is 11.5 Å².